The van der Waals surface area contributed by atoms with E-state index in [1.54, 1.807) is 11.8 Å². The standard InChI is InChI=1S/C32H32BrClN4O4S/c1-4-5-15-41-30(39)27-20(2)35-31-36-32(43-19-22-13-9-10-14-25(22)34)37-38(31)28(27)23-16-24(33)29(26(17-23)40-3)42-18-21-11-7-6-8-12-21/h6-14,16-17,28H,4-5,15,18-19H2,1-3H3,(H,35,36,37). The van der Waals surface area contributed by atoms with Crippen molar-refractivity contribution in [3.8, 4) is 11.5 Å². The number of benzene rings is 3. The molecule has 0 spiro atoms. The summed E-state index contributed by atoms with van der Waals surface area (Å²) in [5, 5.41) is 9.34. The highest BCUT2D eigenvalue weighted by Gasteiger charge is 2.36. The van der Waals surface area contributed by atoms with Crippen LogP contribution < -0.4 is 14.8 Å². The SMILES string of the molecule is CCCCOC(=O)C1=C(C)Nc2nc(SCc3ccccc3Cl)nn2C1c1cc(Br)c(OCc2ccccc2)c(OC)c1. The Morgan fingerprint density at radius 1 is 1.14 bits per heavy atom. The summed E-state index contributed by atoms with van der Waals surface area (Å²) in [6.07, 6.45) is 1.70. The van der Waals surface area contributed by atoms with Crippen molar-refractivity contribution in [2.45, 2.75) is 50.2 Å². The number of nitrogens with one attached hydrogen (secondary N) is 1. The molecule has 1 unspecified atom stereocenters. The number of fused-ring (bicyclic) bond motifs is 1. The summed E-state index contributed by atoms with van der Waals surface area (Å²) < 4.78 is 20.0. The Labute approximate surface area is 268 Å². The van der Waals surface area contributed by atoms with Crippen LogP contribution in [0.25, 0.3) is 0 Å². The molecule has 0 radical (unpaired) electrons. The summed E-state index contributed by atoms with van der Waals surface area (Å²) in [4.78, 5) is 18.3. The van der Waals surface area contributed by atoms with Gasteiger partial charge in [-0.1, -0.05) is 85.2 Å². The first kappa shape index (κ1) is 31.0. The molecule has 43 heavy (non-hydrogen) atoms. The monoisotopic (exact) mass is 682 g/mol. The number of aromatic nitrogens is 3. The average Bonchev–Trinajstić information content (AvgIpc) is 3.41. The second-order valence-corrected chi connectivity index (χ2v) is 12.1. The maximum absolute atomic E-state index is 13.5. The van der Waals surface area contributed by atoms with Gasteiger partial charge in [0.1, 0.15) is 12.6 Å². The fourth-order valence-electron chi connectivity index (χ4n) is 4.68. The zero-order valence-electron chi connectivity index (χ0n) is 24.1. The van der Waals surface area contributed by atoms with Crippen molar-refractivity contribution in [2.24, 2.45) is 0 Å². The second kappa shape index (κ2) is 14.3. The fraction of sp³-hybridized carbons (Fsp3) is 0.281. The Balaban J connectivity index is 1.51. The molecule has 0 fully saturated rings. The van der Waals surface area contributed by atoms with Crippen LogP contribution in [0, 0.1) is 0 Å². The van der Waals surface area contributed by atoms with E-state index in [1.807, 2.05) is 73.7 Å². The molecule has 8 nitrogen and oxygen atoms in total. The third-order valence-corrected chi connectivity index (χ3v) is 8.74. The van der Waals surface area contributed by atoms with Crippen LogP contribution in [-0.2, 0) is 21.9 Å². The Kier molecular flexibility index (Phi) is 10.3. The van der Waals surface area contributed by atoms with Gasteiger partial charge in [-0.2, -0.15) is 4.98 Å². The zero-order chi connectivity index (χ0) is 30.3. The number of esters is 1. The van der Waals surface area contributed by atoms with Crippen molar-refractivity contribution >= 4 is 51.2 Å². The number of thioether (sulfide) groups is 1. The van der Waals surface area contributed by atoms with Crippen LogP contribution in [0.4, 0.5) is 5.95 Å². The van der Waals surface area contributed by atoms with Crippen LogP contribution in [0.3, 0.4) is 0 Å². The predicted molar refractivity (Wildman–Crippen MR) is 173 cm³/mol. The molecule has 3 aromatic carbocycles. The van der Waals surface area contributed by atoms with E-state index in [1.165, 1.54) is 11.8 Å². The smallest absolute Gasteiger partial charge is 0.338 e. The number of carbonyl (C=O) groups excluding carboxylic acids is 1. The van der Waals surface area contributed by atoms with E-state index in [4.69, 9.17) is 35.9 Å². The molecule has 5 rings (SSSR count). The molecule has 0 aliphatic carbocycles. The molecule has 0 saturated heterocycles. The normalized spacial score (nSPS) is 14.2. The Bertz CT molecular complexity index is 1630. The summed E-state index contributed by atoms with van der Waals surface area (Å²) in [7, 11) is 1.59. The quantitative estimate of drug-likeness (QED) is 0.0909. The van der Waals surface area contributed by atoms with Crippen molar-refractivity contribution in [1.29, 1.82) is 0 Å². The van der Waals surface area contributed by atoms with Crippen molar-refractivity contribution < 1.29 is 19.0 Å². The number of rotatable bonds is 12. The number of hydrogen-bond donors (Lipinski definition) is 1. The first-order valence-electron chi connectivity index (χ1n) is 13.9. The molecule has 1 aromatic heterocycles. The number of hydrogen-bond acceptors (Lipinski definition) is 8. The number of carbonyl (C=O) groups is 1. The average molecular weight is 684 g/mol. The van der Waals surface area contributed by atoms with Crippen LogP contribution in [0.1, 0.15) is 49.4 Å². The van der Waals surface area contributed by atoms with Crippen LogP contribution in [0.5, 0.6) is 11.5 Å². The van der Waals surface area contributed by atoms with Gasteiger partial charge < -0.3 is 19.5 Å². The number of methoxy groups -OCH3 is 1. The molecule has 4 aromatic rings. The summed E-state index contributed by atoms with van der Waals surface area (Å²) in [5.41, 5.74) is 3.87. The van der Waals surface area contributed by atoms with Crippen molar-refractivity contribution in [3.05, 3.63) is 104 Å². The van der Waals surface area contributed by atoms with E-state index in [-0.39, 0.29) is 0 Å². The van der Waals surface area contributed by atoms with E-state index >= 15 is 0 Å². The number of halogens is 2. The third kappa shape index (κ3) is 7.20. The van der Waals surface area contributed by atoms with Crippen molar-refractivity contribution in [2.75, 3.05) is 19.0 Å². The minimum Gasteiger partial charge on any atom is -0.493 e. The number of unbranched alkanes of at least 4 members (excludes halogenated alkanes) is 1. The molecular formula is C32H32BrClN4O4S. The van der Waals surface area contributed by atoms with E-state index in [9.17, 15) is 4.79 Å². The van der Waals surface area contributed by atoms with Crippen LogP contribution in [0.15, 0.2) is 87.6 Å². The number of anilines is 1. The van der Waals surface area contributed by atoms with Gasteiger partial charge in [-0.15, -0.1) is 5.10 Å². The number of nitrogens with zero attached hydrogens (tertiary/aromatic N) is 3. The molecule has 0 saturated carbocycles. The van der Waals surface area contributed by atoms with E-state index in [0.717, 1.165) is 29.5 Å². The summed E-state index contributed by atoms with van der Waals surface area (Å²) in [6.45, 7) is 4.61. The van der Waals surface area contributed by atoms with Gasteiger partial charge in [-0.3, -0.25) is 0 Å². The molecule has 2 heterocycles. The topological polar surface area (TPSA) is 87.5 Å². The van der Waals surface area contributed by atoms with E-state index in [0.29, 0.717) is 62.3 Å². The first-order chi connectivity index (χ1) is 20.9. The Morgan fingerprint density at radius 2 is 1.91 bits per heavy atom. The molecule has 224 valence electrons. The maximum atomic E-state index is 13.5. The Morgan fingerprint density at radius 3 is 2.65 bits per heavy atom. The molecule has 1 N–H and O–H groups in total. The molecule has 1 atom stereocenters. The predicted octanol–water partition coefficient (Wildman–Crippen LogP) is 8.21. The largest absolute Gasteiger partial charge is 0.493 e. The lowest BCUT2D eigenvalue weighted by Gasteiger charge is -2.29. The lowest BCUT2D eigenvalue weighted by atomic mass is 9.95. The van der Waals surface area contributed by atoms with Crippen molar-refractivity contribution in [1.82, 2.24) is 14.8 Å². The van der Waals surface area contributed by atoms with Gasteiger partial charge in [0, 0.05) is 16.5 Å². The van der Waals surface area contributed by atoms with E-state index < -0.39 is 12.0 Å². The minimum atomic E-state index is -0.624. The molecule has 0 amide bonds. The summed E-state index contributed by atoms with van der Waals surface area (Å²) in [5.74, 6) is 1.79. The Hall–Kier alpha value is -3.47. The molecule has 11 heteroatoms. The van der Waals surface area contributed by atoms with Gasteiger partial charge in [0.05, 0.1) is 23.8 Å². The maximum Gasteiger partial charge on any atom is 0.338 e. The van der Waals surface area contributed by atoms with E-state index in [2.05, 4.69) is 28.2 Å². The van der Waals surface area contributed by atoms with Gasteiger partial charge in [-0.25, -0.2) is 9.48 Å². The first-order valence-corrected chi connectivity index (χ1v) is 16.1. The fourth-order valence-corrected chi connectivity index (χ4v) is 6.37. The van der Waals surface area contributed by atoms with Crippen LogP contribution in [-0.4, -0.2) is 34.5 Å². The highest BCUT2D eigenvalue weighted by atomic mass is 79.9. The lowest BCUT2D eigenvalue weighted by molar-refractivity contribution is -0.139. The van der Waals surface area contributed by atoms with Crippen LogP contribution >= 0.6 is 39.3 Å². The number of allylic oxidation sites excluding steroid dienone is 1. The van der Waals surface area contributed by atoms with Gasteiger partial charge in [-0.05, 0) is 64.2 Å². The highest BCUT2D eigenvalue weighted by Crippen LogP contribution is 2.43. The number of ether oxygens (including phenoxy) is 3. The van der Waals surface area contributed by atoms with Gasteiger partial charge in [0.15, 0.2) is 11.5 Å². The van der Waals surface area contributed by atoms with Gasteiger partial charge >= 0.3 is 5.97 Å². The highest BCUT2D eigenvalue weighted by molar-refractivity contribution is 9.10. The van der Waals surface area contributed by atoms with Crippen molar-refractivity contribution in [3.63, 3.8) is 0 Å². The second-order valence-electron chi connectivity index (χ2n) is 9.91. The zero-order valence-corrected chi connectivity index (χ0v) is 27.3. The van der Waals surface area contributed by atoms with Crippen LogP contribution in [0.2, 0.25) is 5.02 Å². The third-order valence-electron chi connectivity index (χ3n) is 6.89. The van der Waals surface area contributed by atoms with Gasteiger partial charge in [0.25, 0.3) is 0 Å². The summed E-state index contributed by atoms with van der Waals surface area (Å²) >= 11 is 11.5. The molecular weight excluding hydrogens is 652 g/mol. The molecule has 0 bridgehead atoms. The lowest BCUT2D eigenvalue weighted by Crippen LogP contribution is -2.30. The van der Waals surface area contributed by atoms with Gasteiger partial charge in [0.2, 0.25) is 11.1 Å². The minimum absolute atomic E-state index is 0.335. The summed E-state index contributed by atoms with van der Waals surface area (Å²) in [6, 6.07) is 20.8. The molecule has 1 aliphatic heterocycles. The molecule has 1 aliphatic rings.